The van der Waals surface area contributed by atoms with Crippen molar-refractivity contribution in [3.8, 4) is 5.88 Å². The zero-order valence-electron chi connectivity index (χ0n) is 8.72. The molecule has 0 saturated carbocycles. The Morgan fingerprint density at radius 1 is 1.41 bits per heavy atom. The van der Waals surface area contributed by atoms with Gasteiger partial charge in [-0.25, -0.2) is 4.98 Å². The molecule has 94 valence electrons. The fourth-order valence-electron chi connectivity index (χ4n) is 1.38. The van der Waals surface area contributed by atoms with E-state index in [4.69, 9.17) is 16.3 Å². The molecule has 3 nitrogen and oxygen atoms in total. The molecule has 1 aliphatic rings. The summed E-state index contributed by atoms with van der Waals surface area (Å²) in [5.41, 5.74) is -0.947. The maximum atomic E-state index is 12.4. The van der Waals surface area contributed by atoms with Crippen LogP contribution >= 0.6 is 11.6 Å². The van der Waals surface area contributed by atoms with Crippen molar-refractivity contribution in [2.24, 2.45) is 5.92 Å². The topological polar surface area (TPSA) is 34.1 Å². The Morgan fingerprint density at radius 3 is 2.59 bits per heavy atom. The van der Waals surface area contributed by atoms with E-state index in [0.717, 1.165) is 19.2 Å². The first-order chi connectivity index (χ1) is 7.97. The first kappa shape index (κ1) is 12.4. The van der Waals surface area contributed by atoms with Crippen molar-refractivity contribution >= 4 is 11.6 Å². The molecule has 1 aromatic rings. The van der Waals surface area contributed by atoms with Gasteiger partial charge >= 0.3 is 6.18 Å². The lowest BCUT2D eigenvalue weighted by atomic mass is 10.1. The van der Waals surface area contributed by atoms with Gasteiger partial charge in [-0.1, -0.05) is 11.6 Å². The molecule has 0 amide bonds. The molecule has 2 rings (SSSR count). The molecule has 17 heavy (non-hydrogen) atoms. The van der Waals surface area contributed by atoms with E-state index < -0.39 is 16.9 Å². The predicted octanol–water partition coefficient (Wildman–Crippen LogP) is 2.35. The molecule has 0 bridgehead atoms. The Hall–Kier alpha value is -1.01. The van der Waals surface area contributed by atoms with Gasteiger partial charge in [0, 0.05) is 25.1 Å². The molecule has 0 spiro atoms. The highest BCUT2D eigenvalue weighted by Crippen LogP contribution is 2.34. The summed E-state index contributed by atoms with van der Waals surface area (Å²) in [6.45, 7) is 2.14. The fourth-order valence-corrected chi connectivity index (χ4v) is 1.63. The average molecular weight is 267 g/mol. The predicted molar refractivity (Wildman–Crippen MR) is 56.1 cm³/mol. The lowest BCUT2D eigenvalue weighted by Crippen LogP contribution is -2.45. The van der Waals surface area contributed by atoms with Crippen LogP contribution in [0.5, 0.6) is 5.88 Å². The number of pyridine rings is 1. The highest BCUT2D eigenvalue weighted by Gasteiger charge is 2.34. The molecule has 1 fully saturated rings. The van der Waals surface area contributed by atoms with Crippen LogP contribution in [0.4, 0.5) is 13.2 Å². The number of alkyl halides is 3. The van der Waals surface area contributed by atoms with Crippen LogP contribution in [-0.2, 0) is 6.18 Å². The summed E-state index contributed by atoms with van der Waals surface area (Å²) in [5, 5.41) is 2.48. The summed E-state index contributed by atoms with van der Waals surface area (Å²) in [6, 6.07) is 2.06. The summed E-state index contributed by atoms with van der Waals surface area (Å²) in [7, 11) is 0. The van der Waals surface area contributed by atoms with Crippen LogP contribution in [0.25, 0.3) is 0 Å². The van der Waals surface area contributed by atoms with Gasteiger partial charge in [-0.3, -0.25) is 0 Å². The number of rotatable bonds is 3. The number of hydrogen-bond donors (Lipinski definition) is 1. The van der Waals surface area contributed by atoms with Crippen molar-refractivity contribution in [1.82, 2.24) is 10.3 Å². The standard InChI is InChI=1S/C10H10ClF3N2O/c11-9-7(10(12,13)14)1-2-8(16-9)17-5-6-3-15-4-6/h1-2,6,15H,3-5H2. The minimum Gasteiger partial charge on any atom is -0.477 e. The molecule has 1 N–H and O–H groups in total. The molecule has 1 aliphatic heterocycles. The van der Waals surface area contributed by atoms with Crippen LogP contribution in [0.3, 0.4) is 0 Å². The second-order valence-corrected chi connectivity index (χ2v) is 4.18. The van der Waals surface area contributed by atoms with Crippen LogP contribution in [0.1, 0.15) is 5.56 Å². The Morgan fingerprint density at radius 2 is 2.12 bits per heavy atom. The van der Waals surface area contributed by atoms with E-state index in [-0.39, 0.29) is 5.88 Å². The van der Waals surface area contributed by atoms with Gasteiger partial charge in [0.2, 0.25) is 5.88 Å². The van der Waals surface area contributed by atoms with Crippen molar-refractivity contribution in [3.63, 3.8) is 0 Å². The van der Waals surface area contributed by atoms with E-state index >= 15 is 0 Å². The zero-order valence-corrected chi connectivity index (χ0v) is 9.48. The first-order valence-electron chi connectivity index (χ1n) is 5.04. The van der Waals surface area contributed by atoms with Crippen LogP contribution in [-0.4, -0.2) is 24.7 Å². The third kappa shape index (κ3) is 3.01. The van der Waals surface area contributed by atoms with Crippen LogP contribution in [0.2, 0.25) is 5.15 Å². The average Bonchev–Trinajstić information content (AvgIpc) is 2.13. The van der Waals surface area contributed by atoms with Crippen molar-refractivity contribution in [3.05, 3.63) is 22.8 Å². The molecule has 2 heterocycles. The number of aromatic nitrogens is 1. The smallest absolute Gasteiger partial charge is 0.419 e. The van der Waals surface area contributed by atoms with Gasteiger partial charge in [0.05, 0.1) is 12.2 Å². The largest absolute Gasteiger partial charge is 0.477 e. The third-order valence-electron chi connectivity index (χ3n) is 2.46. The Labute approximate surface area is 101 Å². The zero-order chi connectivity index (χ0) is 12.5. The summed E-state index contributed by atoms with van der Waals surface area (Å²) in [6.07, 6.45) is -4.49. The van der Waals surface area contributed by atoms with Gasteiger partial charge in [-0.15, -0.1) is 0 Å². The highest BCUT2D eigenvalue weighted by atomic mass is 35.5. The molecule has 1 saturated heterocycles. The Bertz CT molecular complexity index is 407. The lowest BCUT2D eigenvalue weighted by molar-refractivity contribution is -0.137. The Balaban J connectivity index is 2.02. The van der Waals surface area contributed by atoms with Gasteiger partial charge in [-0.05, 0) is 6.07 Å². The third-order valence-corrected chi connectivity index (χ3v) is 2.75. The van der Waals surface area contributed by atoms with E-state index in [0.29, 0.717) is 12.5 Å². The van der Waals surface area contributed by atoms with Crippen LogP contribution < -0.4 is 10.1 Å². The van der Waals surface area contributed by atoms with Crippen molar-refractivity contribution < 1.29 is 17.9 Å². The minimum atomic E-state index is -4.49. The second-order valence-electron chi connectivity index (χ2n) is 3.82. The molecule has 0 radical (unpaired) electrons. The van der Waals surface area contributed by atoms with Crippen molar-refractivity contribution in [2.75, 3.05) is 19.7 Å². The molecule has 7 heteroatoms. The number of nitrogens with one attached hydrogen (secondary N) is 1. The SMILES string of the molecule is FC(F)(F)c1ccc(OCC2CNC2)nc1Cl. The summed E-state index contributed by atoms with van der Waals surface area (Å²) < 4.78 is 42.4. The summed E-state index contributed by atoms with van der Waals surface area (Å²) >= 11 is 5.45. The number of hydrogen-bond acceptors (Lipinski definition) is 3. The van der Waals surface area contributed by atoms with Gasteiger partial charge in [0.15, 0.2) is 0 Å². The van der Waals surface area contributed by atoms with Crippen molar-refractivity contribution in [2.45, 2.75) is 6.18 Å². The molecule has 0 atom stereocenters. The van der Waals surface area contributed by atoms with Gasteiger partial charge < -0.3 is 10.1 Å². The molecule has 0 aliphatic carbocycles. The summed E-state index contributed by atoms with van der Waals surface area (Å²) in [4.78, 5) is 3.57. The molecular formula is C10H10ClF3N2O. The lowest BCUT2D eigenvalue weighted by Gasteiger charge is -2.26. The van der Waals surface area contributed by atoms with Gasteiger partial charge in [0.25, 0.3) is 0 Å². The van der Waals surface area contributed by atoms with Crippen LogP contribution in [0.15, 0.2) is 12.1 Å². The maximum absolute atomic E-state index is 12.4. The monoisotopic (exact) mass is 266 g/mol. The van der Waals surface area contributed by atoms with Crippen LogP contribution in [0, 0.1) is 5.92 Å². The molecule has 1 aromatic heterocycles. The quantitative estimate of drug-likeness (QED) is 0.853. The summed E-state index contributed by atoms with van der Waals surface area (Å²) in [5.74, 6) is 0.507. The maximum Gasteiger partial charge on any atom is 0.419 e. The van der Waals surface area contributed by atoms with E-state index in [2.05, 4.69) is 10.3 Å². The first-order valence-corrected chi connectivity index (χ1v) is 5.42. The van der Waals surface area contributed by atoms with E-state index in [1.807, 2.05) is 0 Å². The number of halogens is 4. The van der Waals surface area contributed by atoms with Gasteiger partial charge in [0.1, 0.15) is 5.15 Å². The fraction of sp³-hybridized carbons (Fsp3) is 0.500. The number of nitrogens with zero attached hydrogens (tertiary/aromatic N) is 1. The van der Waals surface area contributed by atoms with E-state index in [1.165, 1.54) is 6.07 Å². The van der Waals surface area contributed by atoms with Crippen molar-refractivity contribution in [1.29, 1.82) is 0 Å². The van der Waals surface area contributed by atoms with E-state index in [9.17, 15) is 13.2 Å². The minimum absolute atomic E-state index is 0.120. The number of ether oxygens (including phenoxy) is 1. The highest BCUT2D eigenvalue weighted by molar-refractivity contribution is 6.30. The molecule has 0 aromatic carbocycles. The van der Waals surface area contributed by atoms with Gasteiger partial charge in [-0.2, -0.15) is 13.2 Å². The normalized spacial score (nSPS) is 16.7. The Kier molecular flexibility index (Phi) is 3.44. The van der Waals surface area contributed by atoms with E-state index in [1.54, 1.807) is 0 Å². The second kappa shape index (κ2) is 4.70. The molecule has 0 unspecified atom stereocenters. The molecular weight excluding hydrogens is 257 g/mol.